The van der Waals surface area contributed by atoms with E-state index in [0.717, 1.165) is 0 Å². The van der Waals surface area contributed by atoms with E-state index < -0.39 is 6.10 Å². The fourth-order valence-corrected chi connectivity index (χ4v) is 2.83. The number of benzene rings is 2. The van der Waals surface area contributed by atoms with Crippen molar-refractivity contribution in [2.75, 3.05) is 28.1 Å². The Bertz CT molecular complexity index is 747. The molecule has 0 bridgehead atoms. The normalized spacial score (nSPS) is 13.5. The molecule has 0 aliphatic carbocycles. The number of hydrogen-bond donors (Lipinski definition) is 2. The third-order valence-electron chi connectivity index (χ3n) is 4.10. The summed E-state index contributed by atoms with van der Waals surface area (Å²) in [6.07, 6.45) is -1.02. The van der Waals surface area contributed by atoms with Crippen LogP contribution in [-0.2, 0) is 6.61 Å². The number of hydrogen-bond acceptors (Lipinski definition) is 7. The van der Waals surface area contributed by atoms with E-state index in [1.54, 1.807) is 24.3 Å². The monoisotopic (exact) mass is 348 g/mol. The summed E-state index contributed by atoms with van der Waals surface area (Å²) in [6, 6.07) is 6.66. The molecule has 2 aromatic rings. The summed E-state index contributed by atoms with van der Waals surface area (Å²) >= 11 is 0. The molecule has 1 aliphatic rings. The molecule has 0 saturated carbocycles. The van der Waals surface area contributed by atoms with E-state index in [1.807, 2.05) is 0 Å². The van der Waals surface area contributed by atoms with Gasteiger partial charge in [0.05, 0.1) is 27.9 Å². The lowest BCUT2D eigenvalue weighted by Crippen LogP contribution is -2.06. The van der Waals surface area contributed by atoms with Crippen molar-refractivity contribution in [1.29, 1.82) is 0 Å². The first-order valence-corrected chi connectivity index (χ1v) is 7.64. The van der Waals surface area contributed by atoms with Crippen molar-refractivity contribution in [3.8, 4) is 28.7 Å². The zero-order valence-electron chi connectivity index (χ0n) is 14.2. The lowest BCUT2D eigenvalue weighted by molar-refractivity contribution is 0.173. The molecule has 0 fully saturated rings. The first-order chi connectivity index (χ1) is 12.1. The Morgan fingerprint density at radius 1 is 0.960 bits per heavy atom. The number of fused-ring (bicyclic) bond motifs is 1. The van der Waals surface area contributed by atoms with Crippen LogP contribution in [0.5, 0.6) is 28.7 Å². The molecule has 0 radical (unpaired) electrons. The molecule has 1 unspecified atom stereocenters. The SMILES string of the molecule is COc1cc(C(O)c2cc3c(cc2CO)OCO3)cc(OC)c1OC. The summed E-state index contributed by atoms with van der Waals surface area (Å²) in [5.74, 6) is 2.38. The number of rotatable bonds is 6. The van der Waals surface area contributed by atoms with E-state index >= 15 is 0 Å². The van der Waals surface area contributed by atoms with E-state index in [4.69, 9.17) is 23.7 Å². The van der Waals surface area contributed by atoms with Crippen molar-refractivity contribution in [2.45, 2.75) is 12.7 Å². The van der Waals surface area contributed by atoms with E-state index in [9.17, 15) is 10.2 Å². The van der Waals surface area contributed by atoms with Crippen molar-refractivity contribution in [3.63, 3.8) is 0 Å². The molecule has 3 rings (SSSR count). The van der Waals surface area contributed by atoms with Crippen LogP contribution in [0.4, 0.5) is 0 Å². The predicted octanol–water partition coefficient (Wildman–Crippen LogP) is 2.02. The van der Waals surface area contributed by atoms with Gasteiger partial charge in [-0.3, -0.25) is 0 Å². The minimum absolute atomic E-state index is 0.115. The van der Waals surface area contributed by atoms with Crippen LogP contribution >= 0.6 is 0 Å². The maximum atomic E-state index is 10.9. The Morgan fingerprint density at radius 2 is 1.56 bits per heavy atom. The van der Waals surface area contributed by atoms with Crippen LogP contribution in [0, 0.1) is 0 Å². The molecule has 2 N–H and O–H groups in total. The van der Waals surface area contributed by atoms with Crippen LogP contribution in [0.1, 0.15) is 22.8 Å². The largest absolute Gasteiger partial charge is 0.493 e. The standard InChI is InChI=1S/C18H20O7/c1-21-15-4-10(5-16(22-2)18(15)23-3)17(20)12-7-14-13(24-9-25-14)6-11(12)8-19/h4-7,17,19-20H,8-9H2,1-3H3. The van der Waals surface area contributed by atoms with Crippen LogP contribution in [0.15, 0.2) is 24.3 Å². The highest BCUT2D eigenvalue weighted by atomic mass is 16.7. The van der Waals surface area contributed by atoms with Gasteiger partial charge in [0.2, 0.25) is 12.5 Å². The van der Waals surface area contributed by atoms with Gasteiger partial charge in [0.1, 0.15) is 6.10 Å². The van der Waals surface area contributed by atoms with Crippen molar-refractivity contribution < 1.29 is 33.9 Å². The fraction of sp³-hybridized carbons (Fsp3) is 0.333. The zero-order valence-corrected chi connectivity index (χ0v) is 14.2. The zero-order chi connectivity index (χ0) is 18.0. The van der Waals surface area contributed by atoms with Crippen molar-refractivity contribution in [3.05, 3.63) is 41.0 Å². The lowest BCUT2D eigenvalue weighted by Gasteiger charge is -2.19. The van der Waals surface area contributed by atoms with Gasteiger partial charge >= 0.3 is 0 Å². The molecular weight excluding hydrogens is 328 g/mol. The minimum atomic E-state index is -1.02. The summed E-state index contributed by atoms with van der Waals surface area (Å²) in [7, 11) is 4.53. The van der Waals surface area contributed by atoms with Crippen LogP contribution in [0.3, 0.4) is 0 Å². The first kappa shape index (κ1) is 17.2. The van der Waals surface area contributed by atoms with Gasteiger partial charge in [-0.1, -0.05) is 0 Å². The van der Waals surface area contributed by atoms with Crippen LogP contribution in [0.25, 0.3) is 0 Å². The molecule has 2 aromatic carbocycles. The molecule has 25 heavy (non-hydrogen) atoms. The summed E-state index contributed by atoms with van der Waals surface area (Å²) in [5, 5.41) is 20.5. The van der Waals surface area contributed by atoms with Crippen LogP contribution in [-0.4, -0.2) is 38.3 Å². The highest BCUT2D eigenvalue weighted by Crippen LogP contribution is 2.43. The summed E-state index contributed by atoms with van der Waals surface area (Å²) in [5.41, 5.74) is 1.59. The van der Waals surface area contributed by atoms with Gasteiger partial charge in [0.15, 0.2) is 23.0 Å². The minimum Gasteiger partial charge on any atom is -0.493 e. The predicted molar refractivity (Wildman–Crippen MR) is 88.6 cm³/mol. The quantitative estimate of drug-likeness (QED) is 0.826. The average Bonchev–Trinajstić information content (AvgIpc) is 3.12. The Kier molecular flexibility index (Phi) is 4.87. The van der Waals surface area contributed by atoms with Gasteiger partial charge < -0.3 is 33.9 Å². The average molecular weight is 348 g/mol. The highest BCUT2D eigenvalue weighted by Gasteiger charge is 2.24. The van der Waals surface area contributed by atoms with Gasteiger partial charge in [-0.15, -0.1) is 0 Å². The third-order valence-corrected chi connectivity index (χ3v) is 4.10. The van der Waals surface area contributed by atoms with Crippen LogP contribution in [0.2, 0.25) is 0 Å². The Balaban J connectivity index is 2.08. The van der Waals surface area contributed by atoms with Crippen molar-refractivity contribution >= 4 is 0 Å². The summed E-state index contributed by atoms with van der Waals surface area (Å²) in [6.45, 7) is -0.128. The summed E-state index contributed by atoms with van der Waals surface area (Å²) in [4.78, 5) is 0. The Morgan fingerprint density at radius 3 is 2.08 bits per heavy atom. The Hall–Kier alpha value is -2.64. The van der Waals surface area contributed by atoms with Gasteiger partial charge in [0.25, 0.3) is 0 Å². The molecule has 0 aromatic heterocycles. The molecule has 7 nitrogen and oxygen atoms in total. The third kappa shape index (κ3) is 3.04. The first-order valence-electron chi connectivity index (χ1n) is 7.64. The molecule has 0 amide bonds. The number of methoxy groups -OCH3 is 3. The lowest BCUT2D eigenvalue weighted by atomic mass is 9.95. The molecule has 1 heterocycles. The maximum Gasteiger partial charge on any atom is 0.231 e. The molecule has 0 saturated heterocycles. The van der Waals surface area contributed by atoms with Crippen molar-refractivity contribution in [2.24, 2.45) is 0 Å². The van der Waals surface area contributed by atoms with Gasteiger partial charge in [-0.05, 0) is 41.0 Å². The van der Waals surface area contributed by atoms with E-state index in [1.165, 1.54) is 21.3 Å². The second-order valence-electron chi connectivity index (χ2n) is 5.42. The van der Waals surface area contributed by atoms with Gasteiger partial charge in [0, 0.05) is 0 Å². The van der Waals surface area contributed by atoms with E-state index in [2.05, 4.69) is 0 Å². The van der Waals surface area contributed by atoms with Crippen LogP contribution < -0.4 is 23.7 Å². The number of aliphatic hydroxyl groups excluding tert-OH is 2. The van der Waals surface area contributed by atoms with E-state index in [0.29, 0.717) is 45.4 Å². The Labute approximate surface area is 145 Å². The molecule has 1 aliphatic heterocycles. The van der Waals surface area contributed by atoms with Crippen molar-refractivity contribution in [1.82, 2.24) is 0 Å². The van der Waals surface area contributed by atoms with E-state index in [-0.39, 0.29) is 13.4 Å². The molecule has 1 atom stereocenters. The molecule has 7 heteroatoms. The summed E-state index contributed by atoms with van der Waals surface area (Å²) < 4.78 is 26.6. The highest BCUT2D eigenvalue weighted by molar-refractivity contribution is 5.57. The topological polar surface area (TPSA) is 86.6 Å². The number of ether oxygens (including phenoxy) is 5. The second-order valence-corrected chi connectivity index (χ2v) is 5.42. The van der Waals surface area contributed by atoms with Gasteiger partial charge in [-0.25, -0.2) is 0 Å². The number of aliphatic hydroxyl groups is 2. The molecule has 134 valence electrons. The molecule has 0 spiro atoms. The van der Waals surface area contributed by atoms with Gasteiger partial charge in [-0.2, -0.15) is 0 Å². The molecular formula is C18H20O7. The maximum absolute atomic E-state index is 10.9. The second kappa shape index (κ2) is 7.08. The smallest absolute Gasteiger partial charge is 0.231 e. The fourth-order valence-electron chi connectivity index (χ4n) is 2.83.